The van der Waals surface area contributed by atoms with Crippen molar-refractivity contribution in [3.8, 4) is 0 Å². The molecule has 0 saturated carbocycles. The maximum Gasteiger partial charge on any atom is 0.410 e. The van der Waals surface area contributed by atoms with Crippen molar-refractivity contribution in [3.05, 3.63) is 0 Å². The van der Waals surface area contributed by atoms with Gasteiger partial charge in [-0.05, 0) is 33.6 Å². The number of rotatable bonds is 2. The van der Waals surface area contributed by atoms with E-state index in [9.17, 15) is 9.59 Å². The fourth-order valence-corrected chi connectivity index (χ4v) is 1.92. The molecule has 1 fully saturated rings. The van der Waals surface area contributed by atoms with E-state index in [1.54, 1.807) is 11.9 Å². The summed E-state index contributed by atoms with van der Waals surface area (Å²) in [5.74, 6) is -0.0366. The van der Waals surface area contributed by atoms with Crippen LogP contribution in [-0.2, 0) is 9.53 Å². The van der Waals surface area contributed by atoms with Crippen LogP contribution in [0, 0.1) is 0 Å². The van der Waals surface area contributed by atoms with E-state index in [1.807, 2.05) is 20.8 Å². The van der Waals surface area contributed by atoms with Gasteiger partial charge in [-0.25, -0.2) is 4.79 Å². The lowest BCUT2D eigenvalue weighted by Gasteiger charge is -2.28. The summed E-state index contributed by atoms with van der Waals surface area (Å²) in [6.45, 7) is 6.20. The molecule has 17 heavy (non-hydrogen) atoms. The number of amides is 2. The monoisotopic (exact) mass is 242 g/mol. The Morgan fingerprint density at radius 3 is 2.59 bits per heavy atom. The standard InChI is InChI=1S/C12H22N2O3/c1-12(2,3)17-11(16)14-7-5-6-9(14)8-10(15)13-4/h9H,5-8H2,1-4H3,(H,13,15)/t9-/m0/s1. The highest BCUT2D eigenvalue weighted by atomic mass is 16.6. The molecule has 0 aromatic carbocycles. The summed E-state index contributed by atoms with van der Waals surface area (Å²) < 4.78 is 5.32. The predicted octanol–water partition coefficient (Wildman–Crippen LogP) is 1.52. The number of ether oxygens (including phenoxy) is 1. The molecule has 1 heterocycles. The van der Waals surface area contributed by atoms with Crippen LogP contribution in [0.3, 0.4) is 0 Å². The van der Waals surface area contributed by atoms with E-state index in [0.717, 1.165) is 12.8 Å². The quantitative estimate of drug-likeness (QED) is 0.798. The summed E-state index contributed by atoms with van der Waals surface area (Å²) in [7, 11) is 1.61. The Balaban J connectivity index is 2.57. The molecule has 1 rings (SSSR count). The first kappa shape index (κ1) is 13.8. The van der Waals surface area contributed by atoms with Gasteiger partial charge in [-0.2, -0.15) is 0 Å². The minimum atomic E-state index is -0.489. The Hall–Kier alpha value is -1.26. The van der Waals surface area contributed by atoms with Crippen molar-refractivity contribution in [2.45, 2.75) is 51.7 Å². The maximum atomic E-state index is 11.9. The third kappa shape index (κ3) is 4.24. The van der Waals surface area contributed by atoms with Crippen molar-refractivity contribution >= 4 is 12.0 Å². The molecule has 0 bridgehead atoms. The molecule has 0 radical (unpaired) electrons. The van der Waals surface area contributed by atoms with Crippen molar-refractivity contribution in [2.24, 2.45) is 0 Å². The van der Waals surface area contributed by atoms with Crippen LogP contribution in [0.25, 0.3) is 0 Å². The number of nitrogens with zero attached hydrogens (tertiary/aromatic N) is 1. The highest BCUT2D eigenvalue weighted by Crippen LogP contribution is 2.22. The number of likely N-dealkylation sites (tertiary alicyclic amines) is 1. The predicted molar refractivity (Wildman–Crippen MR) is 64.6 cm³/mol. The Morgan fingerprint density at radius 1 is 1.41 bits per heavy atom. The van der Waals surface area contributed by atoms with Gasteiger partial charge >= 0.3 is 6.09 Å². The van der Waals surface area contributed by atoms with Crippen LogP contribution >= 0.6 is 0 Å². The Labute approximate surface area is 102 Å². The Morgan fingerprint density at radius 2 is 2.06 bits per heavy atom. The zero-order valence-corrected chi connectivity index (χ0v) is 11.1. The van der Waals surface area contributed by atoms with Gasteiger partial charge in [0.2, 0.25) is 5.91 Å². The van der Waals surface area contributed by atoms with Crippen LogP contribution in [0.15, 0.2) is 0 Å². The average Bonchev–Trinajstić information content (AvgIpc) is 2.63. The van der Waals surface area contributed by atoms with E-state index in [-0.39, 0.29) is 18.0 Å². The van der Waals surface area contributed by atoms with E-state index >= 15 is 0 Å². The average molecular weight is 242 g/mol. The van der Waals surface area contributed by atoms with Crippen LogP contribution in [0.5, 0.6) is 0 Å². The molecule has 1 aliphatic rings. The number of carbonyl (C=O) groups excluding carboxylic acids is 2. The minimum absolute atomic E-state index is 0.0233. The van der Waals surface area contributed by atoms with Crippen LogP contribution in [0.2, 0.25) is 0 Å². The first-order chi connectivity index (χ1) is 7.83. The van der Waals surface area contributed by atoms with Crippen LogP contribution in [-0.4, -0.2) is 42.1 Å². The Kier molecular flexibility index (Phi) is 4.37. The number of nitrogens with one attached hydrogen (secondary N) is 1. The van der Waals surface area contributed by atoms with Crippen LogP contribution in [0.4, 0.5) is 4.79 Å². The van der Waals surface area contributed by atoms with Gasteiger partial charge < -0.3 is 15.0 Å². The zero-order chi connectivity index (χ0) is 13.1. The molecule has 1 N–H and O–H groups in total. The number of carbonyl (C=O) groups is 2. The van der Waals surface area contributed by atoms with Gasteiger partial charge in [-0.3, -0.25) is 4.79 Å². The highest BCUT2D eigenvalue weighted by Gasteiger charge is 2.33. The first-order valence-electron chi connectivity index (χ1n) is 6.03. The molecule has 0 aromatic rings. The minimum Gasteiger partial charge on any atom is -0.444 e. The van der Waals surface area contributed by atoms with E-state index < -0.39 is 5.60 Å². The third-order valence-electron chi connectivity index (χ3n) is 2.71. The largest absolute Gasteiger partial charge is 0.444 e. The molecular formula is C12H22N2O3. The maximum absolute atomic E-state index is 11.9. The zero-order valence-electron chi connectivity index (χ0n) is 11.1. The van der Waals surface area contributed by atoms with Crippen molar-refractivity contribution in [2.75, 3.05) is 13.6 Å². The molecule has 1 saturated heterocycles. The molecule has 98 valence electrons. The molecule has 2 amide bonds. The molecule has 1 aliphatic heterocycles. The molecule has 5 heteroatoms. The smallest absolute Gasteiger partial charge is 0.410 e. The van der Waals surface area contributed by atoms with E-state index in [4.69, 9.17) is 4.74 Å². The van der Waals surface area contributed by atoms with Crippen LogP contribution in [0.1, 0.15) is 40.0 Å². The van der Waals surface area contributed by atoms with Gasteiger partial charge in [-0.1, -0.05) is 0 Å². The first-order valence-corrected chi connectivity index (χ1v) is 6.03. The summed E-state index contributed by atoms with van der Waals surface area (Å²) in [5, 5.41) is 2.58. The molecule has 0 unspecified atom stereocenters. The second-order valence-electron chi connectivity index (χ2n) is 5.35. The number of hydrogen-bond acceptors (Lipinski definition) is 3. The van der Waals surface area contributed by atoms with E-state index in [2.05, 4.69) is 5.32 Å². The van der Waals surface area contributed by atoms with Crippen molar-refractivity contribution < 1.29 is 14.3 Å². The lowest BCUT2D eigenvalue weighted by molar-refractivity contribution is -0.121. The summed E-state index contributed by atoms with van der Waals surface area (Å²) in [5.41, 5.74) is -0.489. The molecule has 0 aliphatic carbocycles. The topological polar surface area (TPSA) is 58.6 Å². The normalized spacial score (nSPS) is 20.2. The summed E-state index contributed by atoms with van der Waals surface area (Å²) in [6, 6.07) is -0.0233. The third-order valence-corrected chi connectivity index (χ3v) is 2.71. The summed E-state index contributed by atoms with van der Waals surface area (Å²) in [4.78, 5) is 24.9. The van der Waals surface area contributed by atoms with Gasteiger partial charge in [0, 0.05) is 26.1 Å². The van der Waals surface area contributed by atoms with Gasteiger partial charge in [0.25, 0.3) is 0 Å². The van der Waals surface area contributed by atoms with Gasteiger partial charge in [0.05, 0.1) is 0 Å². The SMILES string of the molecule is CNC(=O)C[C@@H]1CCCN1C(=O)OC(C)(C)C. The summed E-state index contributed by atoms with van der Waals surface area (Å²) in [6.07, 6.45) is 1.84. The molecule has 0 spiro atoms. The molecular weight excluding hydrogens is 220 g/mol. The van der Waals surface area contributed by atoms with Crippen molar-refractivity contribution in [1.29, 1.82) is 0 Å². The van der Waals surface area contributed by atoms with E-state index in [0.29, 0.717) is 13.0 Å². The fraction of sp³-hybridized carbons (Fsp3) is 0.833. The van der Waals surface area contributed by atoms with Gasteiger partial charge in [0.1, 0.15) is 5.60 Å². The van der Waals surface area contributed by atoms with E-state index in [1.165, 1.54) is 0 Å². The highest BCUT2D eigenvalue weighted by molar-refractivity contribution is 5.77. The van der Waals surface area contributed by atoms with Gasteiger partial charge in [-0.15, -0.1) is 0 Å². The molecule has 5 nitrogen and oxygen atoms in total. The Bertz CT molecular complexity index is 297. The number of hydrogen-bond donors (Lipinski definition) is 1. The lowest BCUT2D eigenvalue weighted by atomic mass is 10.1. The van der Waals surface area contributed by atoms with Crippen molar-refractivity contribution in [3.63, 3.8) is 0 Å². The van der Waals surface area contributed by atoms with Crippen molar-refractivity contribution in [1.82, 2.24) is 10.2 Å². The fourth-order valence-electron chi connectivity index (χ4n) is 1.92. The molecule has 1 atom stereocenters. The molecule has 0 aromatic heterocycles. The second kappa shape index (κ2) is 5.38. The van der Waals surface area contributed by atoms with Crippen LogP contribution < -0.4 is 5.32 Å². The summed E-state index contributed by atoms with van der Waals surface area (Å²) >= 11 is 0. The lowest BCUT2D eigenvalue weighted by Crippen LogP contribution is -2.41. The second-order valence-corrected chi connectivity index (χ2v) is 5.35. The van der Waals surface area contributed by atoms with Gasteiger partial charge in [0.15, 0.2) is 0 Å².